The fourth-order valence-corrected chi connectivity index (χ4v) is 4.17. The molecular weight excluding hydrogens is 346 g/mol. The number of nitrogen functional groups attached to an aromatic ring is 1. The van der Waals surface area contributed by atoms with Crippen LogP contribution >= 0.6 is 0 Å². The Morgan fingerprint density at radius 2 is 2.00 bits per heavy atom. The molecule has 2 heterocycles. The van der Waals surface area contributed by atoms with Crippen LogP contribution in [0.5, 0.6) is 0 Å². The van der Waals surface area contributed by atoms with Gasteiger partial charge in [-0.3, -0.25) is 0 Å². The molecule has 2 aliphatic rings. The van der Waals surface area contributed by atoms with Gasteiger partial charge < -0.3 is 24.5 Å². The summed E-state index contributed by atoms with van der Waals surface area (Å²) in [6, 6.07) is 3.59. The van der Waals surface area contributed by atoms with Crippen LogP contribution in [0.3, 0.4) is 0 Å². The monoisotopic (exact) mass is 371 g/mol. The van der Waals surface area contributed by atoms with Crippen molar-refractivity contribution < 1.29 is 19.0 Å². The summed E-state index contributed by atoms with van der Waals surface area (Å²) >= 11 is 0. The van der Waals surface area contributed by atoms with Crippen molar-refractivity contribution in [1.29, 1.82) is 0 Å². The average Bonchev–Trinajstić information content (AvgIpc) is 3.33. The summed E-state index contributed by atoms with van der Waals surface area (Å²) in [7, 11) is 1.37. The molecule has 1 aromatic carbocycles. The SMILES string of the molecule is COC(=O)c1cc(N)c(-n2ccnc2C2CCC3(CC2)OCCO3)cc1C. The average molecular weight is 371 g/mol. The smallest absolute Gasteiger partial charge is 0.338 e. The third-order valence-corrected chi connectivity index (χ3v) is 5.63. The maximum atomic E-state index is 11.9. The van der Waals surface area contributed by atoms with Gasteiger partial charge in [-0.15, -0.1) is 0 Å². The number of carbonyl (C=O) groups is 1. The molecular formula is C20H25N3O4. The molecule has 0 amide bonds. The Morgan fingerprint density at radius 3 is 2.67 bits per heavy atom. The van der Waals surface area contributed by atoms with Crippen molar-refractivity contribution in [1.82, 2.24) is 9.55 Å². The van der Waals surface area contributed by atoms with Crippen LogP contribution in [0, 0.1) is 6.92 Å². The number of esters is 1. The number of imidazole rings is 1. The topological polar surface area (TPSA) is 88.6 Å². The van der Waals surface area contributed by atoms with Crippen molar-refractivity contribution in [3.8, 4) is 5.69 Å². The van der Waals surface area contributed by atoms with Crippen molar-refractivity contribution in [3.63, 3.8) is 0 Å². The number of benzene rings is 1. The molecule has 2 fully saturated rings. The predicted octanol–water partition coefficient (Wildman–Crippen LogP) is 2.95. The Labute approximate surface area is 158 Å². The van der Waals surface area contributed by atoms with Crippen LogP contribution in [0.1, 0.15) is 53.3 Å². The minimum absolute atomic E-state index is 0.318. The van der Waals surface area contributed by atoms with E-state index in [-0.39, 0.29) is 11.8 Å². The van der Waals surface area contributed by atoms with Crippen LogP contribution in [-0.4, -0.2) is 41.6 Å². The molecule has 4 rings (SSSR count). The number of carbonyl (C=O) groups excluding carboxylic acids is 1. The zero-order chi connectivity index (χ0) is 19.0. The highest BCUT2D eigenvalue weighted by molar-refractivity contribution is 5.93. The number of aryl methyl sites for hydroxylation is 1. The standard InChI is InChI=1S/C20H25N3O4/c1-13-11-17(16(21)12-15(13)19(24)25-2)23-8-7-22-18(23)14-3-5-20(6-4-14)26-9-10-27-20/h7-8,11-12,14H,3-6,9-10,21H2,1-2H3. The van der Waals surface area contributed by atoms with Crippen molar-refractivity contribution >= 4 is 11.7 Å². The highest BCUT2D eigenvalue weighted by Gasteiger charge is 2.41. The number of methoxy groups -OCH3 is 1. The number of nitrogens with zero attached hydrogens (tertiary/aromatic N) is 2. The molecule has 1 saturated carbocycles. The summed E-state index contributed by atoms with van der Waals surface area (Å²) in [6.45, 7) is 3.24. The first-order chi connectivity index (χ1) is 13.0. The highest BCUT2D eigenvalue weighted by atomic mass is 16.7. The lowest BCUT2D eigenvalue weighted by molar-refractivity contribution is -0.179. The Balaban J connectivity index is 1.61. The number of rotatable bonds is 3. The van der Waals surface area contributed by atoms with Gasteiger partial charge in [0.1, 0.15) is 5.82 Å². The van der Waals surface area contributed by atoms with Gasteiger partial charge in [-0.05, 0) is 37.5 Å². The van der Waals surface area contributed by atoms with Crippen LogP contribution < -0.4 is 5.73 Å². The molecule has 2 aromatic rings. The third-order valence-electron chi connectivity index (χ3n) is 5.63. The van der Waals surface area contributed by atoms with E-state index in [0.29, 0.717) is 30.4 Å². The van der Waals surface area contributed by atoms with E-state index in [1.165, 1.54) is 7.11 Å². The maximum Gasteiger partial charge on any atom is 0.338 e. The number of aromatic nitrogens is 2. The van der Waals surface area contributed by atoms with Crippen molar-refractivity contribution in [2.24, 2.45) is 0 Å². The van der Waals surface area contributed by atoms with E-state index in [1.54, 1.807) is 12.3 Å². The molecule has 0 atom stereocenters. The highest BCUT2D eigenvalue weighted by Crippen LogP contribution is 2.42. The first-order valence-electron chi connectivity index (χ1n) is 9.33. The maximum absolute atomic E-state index is 11.9. The summed E-state index contributed by atoms with van der Waals surface area (Å²) in [5.74, 6) is 0.537. The van der Waals surface area contributed by atoms with E-state index in [1.807, 2.05) is 23.8 Å². The molecule has 1 spiro atoms. The fourth-order valence-electron chi connectivity index (χ4n) is 4.17. The van der Waals surface area contributed by atoms with E-state index in [0.717, 1.165) is 42.8 Å². The van der Waals surface area contributed by atoms with Crippen molar-refractivity contribution in [3.05, 3.63) is 41.5 Å². The zero-order valence-electron chi connectivity index (χ0n) is 15.7. The van der Waals surface area contributed by atoms with E-state index < -0.39 is 0 Å². The van der Waals surface area contributed by atoms with Crippen molar-refractivity contribution in [2.45, 2.75) is 44.3 Å². The number of anilines is 1. The molecule has 1 aromatic heterocycles. The Hall–Kier alpha value is -2.38. The number of ether oxygens (including phenoxy) is 3. The first kappa shape index (κ1) is 18.0. The Kier molecular flexibility index (Phi) is 4.65. The van der Waals surface area contributed by atoms with Crippen LogP contribution in [0.2, 0.25) is 0 Å². The lowest BCUT2D eigenvalue weighted by Gasteiger charge is -2.35. The van der Waals surface area contributed by atoms with Gasteiger partial charge in [0.25, 0.3) is 0 Å². The molecule has 1 saturated heterocycles. The molecule has 7 nitrogen and oxygen atoms in total. The van der Waals surface area contributed by atoms with Crippen LogP contribution in [0.25, 0.3) is 5.69 Å². The fraction of sp³-hybridized carbons (Fsp3) is 0.500. The lowest BCUT2D eigenvalue weighted by atomic mass is 9.84. The van der Waals surface area contributed by atoms with Gasteiger partial charge in [0, 0.05) is 31.2 Å². The summed E-state index contributed by atoms with van der Waals surface area (Å²) in [6.07, 6.45) is 7.38. The Bertz CT molecular complexity index is 845. The molecule has 0 unspecified atom stereocenters. The van der Waals surface area contributed by atoms with Crippen LogP contribution in [0.4, 0.5) is 5.69 Å². The summed E-state index contributed by atoms with van der Waals surface area (Å²) < 4.78 is 18.5. The first-order valence-corrected chi connectivity index (χ1v) is 9.33. The number of hydrogen-bond acceptors (Lipinski definition) is 6. The second-order valence-corrected chi connectivity index (χ2v) is 7.25. The number of nitrogens with two attached hydrogens (primary N) is 1. The summed E-state index contributed by atoms with van der Waals surface area (Å²) in [5.41, 5.74) is 8.93. The second kappa shape index (κ2) is 6.98. The zero-order valence-corrected chi connectivity index (χ0v) is 15.7. The minimum Gasteiger partial charge on any atom is -0.465 e. The lowest BCUT2D eigenvalue weighted by Crippen LogP contribution is -2.35. The molecule has 1 aliphatic heterocycles. The molecule has 7 heteroatoms. The predicted molar refractivity (Wildman–Crippen MR) is 99.9 cm³/mol. The Morgan fingerprint density at radius 1 is 1.30 bits per heavy atom. The van der Waals surface area contributed by atoms with Gasteiger partial charge >= 0.3 is 5.97 Å². The largest absolute Gasteiger partial charge is 0.465 e. The molecule has 2 N–H and O–H groups in total. The van der Waals surface area contributed by atoms with Gasteiger partial charge in [-0.1, -0.05) is 0 Å². The minimum atomic E-state index is -0.384. The van der Waals surface area contributed by atoms with Gasteiger partial charge in [0.15, 0.2) is 5.79 Å². The van der Waals surface area contributed by atoms with Gasteiger partial charge in [-0.25, -0.2) is 9.78 Å². The van der Waals surface area contributed by atoms with E-state index in [4.69, 9.17) is 19.9 Å². The van der Waals surface area contributed by atoms with Crippen LogP contribution in [0.15, 0.2) is 24.5 Å². The molecule has 0 bridgehead atoms. The molecule has 144 valence electrons. The van der Waals surface area contributed by atoms with Gasteiger partial charge in [0.2, 0.25) is 0 Å². The van der Waals surface area contributed by atoms with E-state index in [9.17, 15) is 4.79 Å². The summed E-state index contributed by atoms with van der Waals surface area (Å²) in [5, 5.41) is 0. The molecule has 1 aliphatic carbocycles. The van der Waals surface area contributed by atoms with E-state index >= 15 is 0 Å². The van der Waals surface area contributed by atoms with Gasteiger partial charge in [0.05, 0.1) is 37.3 Å². The van der Waals surface area contributed by atoms with Gasteiger partial charge in [-0.2, -0.15) is 0 Å². The van der Waals surface area contributed by atoms with Crippen molar-refractivity contribution in [2.75, 3.05) is 26.1 Å². The third kappa shape index (κ3) is 3.21. The normalized spacial score (nSPS) is 19.5. The molecule has 27 heavy (non-hydrogen) atoms. The second-order valence-electron chi connectivity index (χ2n) is 7.25. The quantitative estimate of drug-likeness (QED) is 0.659. The van der Waals surface area contributed by atoms with Crippen LogP contribution in [-0.2, 0) is 14.2 Å². The summed E-state index contributed by atoms with van der Waals surface area (Å²) in [4.78, 5) is 16.5. The molecule has 0 radical (unpaired) electrons. The number of hydrogen-bond donors (Lipinski definition) is 1. The van der Waals surface area contributed by atoms with E-state index in [2.05, 4.69) is 4.98 Å².